The molecule has 0 bridgehead atoms. The second kappa shape index (κ2) is 7.53. The number of hydrogen-bond acceptors (Lipinski definition) is 5. The Morgan fingerprint density at radius 1 is 1.27 bits per heavy atom. The highest BCUT2D eigenvalue weighted by Gasteiger charge is 2.25. The Labute approximate surface area is 151 Å². The summed E-state index contributed by atoms with van der Waals surface area (Å²) >= 11 is 0. The van der Waals surface area contributed by atoms with Gasteiger partial charge in [-0.15, -0.1) is 0 Å². The molecule has 4 rings (SSSR count). The van der Waals surface area contributed by atoms with Gasteiger partial charge < -0.3 is 9.73 Å². The lowest BCUT2D eigenvalue weighted by molar-refractivity contribution is 0.0919. The summed E-state index contributed by atoms with van der Waals surface area (Å²) in [7, 11) is 0. The lowest BCUT2D eigenvalue weighted by Crippen LogP contribution is -2.39. The Bertz CT molecular complexity index is 844. The molecule has 0 saturated heterocycles. The molecule has 0 aliphatic carbocycles. The van der Waals surface area contributed by atoms with Gasteiger partial charge in [0.05, 0.1) is 18.0 Å². The minimum Gasteiger partial charge on any atom is -0.459 e. The van der Waals surface area contributed by atoms with Gasteiger partial charge in [0, 0.05) is 44.8 Å². The summed E-state index contributed by atoms with van der Waals surface area (Å²) in [6.07, 6.45) is 7.86. The molecule has 0 spiro atoms. The number of aromatic nitrogens is 3. The summed E-state index contributed by atoms with van der Waals surface area (Å²) in [6, 6.07) is 9.72. The summed E-state index contributed by atoms with van der Waals surface area (Å²) in [5.41, 5.74) is 2.40. The van der Waals surface area contributed by atoms with Gasteiger partial charge in [-0.3, -0.25) is 19.4 Å². The molecule has 7 nitrogen and oxygen atoms in total. The molecule has 1 N–H and O–H groups in total. The molecule has 3 aromatic heterocycles. The van der Waals surface area contributed by atoms with Crippen LogP contribution in [0.4, 0.5) is 0 Å². The number of furan rings is 1. The van der Waals surface area contributed by atoms with Crippen molar-refractivity contribution >= 4 is 5.91 Å². The van der Waals surface area contributed by atoms with Crippen molar-refractivity contribution in [3.8, 4) is 0 Å². The van der Waals surface area contributed by atoms with E-state index in [2.05, 4.69) is 37.1 Å². The standard InChI is InChI=1S/C19H21N5O2/c25-19(18-4-2-10-26-18)21-8-5-16-13-23(12-15-3-1-7-20-11-15)14-17-6-9-22-24(16)17/h1-4,6-7,9-11,16H,5,8,12-14H2,(H,21,25)/t16-/m0/s1. The van der Waals surface area contributed by atoms with Crippen LogP contribution >= 0.6 is 0 Å². The zero-order valence-electron chi connectivity index (χ0n) is 14.4. The highest BCUT2D eigenvalue weighted by Crippen LogP contribution is 2.24. The molecular formula is C19H21N5O2. The summed E-state index contributed by atoms with van der Waals surface area (Å²) in [5.74, 6) is 0.158. The first-order chi connectivity index (χ1) is 12.8. The number of rotatable bonds is 6. The van der Waals surface area contributed by atoms with Gasteiger partial charge in [0.2, 0.25) is 0 Å². The molecule has 0 aromatic carbocycles. The van der Waals surface area contributed by atoms with E-state index < -0.39 is 0 Å². The minimum atomic E-state index is -0.182. The number of amides is 1. The third-order valence-corrected chi connectivity index (χ3v) is 4.59. The predicted molar refractivity (Wildman–Crippen MR) is 95.3 cm³/mol. The predicted octanol–water partition coefficient (Wildman–Crippen LogP) is 2.25. The molecular weight excluding hydrogens is 330 g/mol. The molecule has 0 fully saturated rings. The van der Waals surface area contributed by atoms with E-state index >= 15 is 0 Å². The zero-order chi connectivity index (χ0) is 17.8. The van der Waals surface area contributed by atoms with Crippen molar-refractivity contribution in [1.29, 1.82) is 0 Å². The molecule has 4 heterocycles. The van der Waals surface area contributed by atoms with Crippen molar-refractivity contribution in [1.82, 2.24) is 25.0 Å². The van der Waals surface area contributed by atoms with Crippen LogP contribution in [0.3, 0.4) is 0 Å². The molecule has 1 aliphatic heterocycles. The third kappa shape index (κ3) is 3.67. The fourth-order valence-corrected chi connectivity index (χ4v) is 3.40. The topological polar surface area (TPSA) is 76.2 Å². The van der Waals surface area contributed by atoms with Crippen LogP contribution in [0.5, 0.6) is 0 Å². The molecule has 0 saturated carbocycles. The number of hydrogen-bond donors (Lipinski definition) is 1. The smallest absolute Gasteiger partial charge is 0.286 e. The van der Waals surface area contributed by atoms with Crippen molar-refractivity contribution in [3.63, 3.8) is 0 Å². The summed E-state index contributed by atoms with van der Waals surface area (Å²) < 4.78 is 7.20. The van der Waals surface area contributed by atoms with E-state index in [0.717, 1.165) is 26.1 Å². The number of pyridine rings is 1. The number of carbonyl (C=O) groups excluding carboxylic acids is 1. The molecule has 134 valence electrons. The molecule has 1 atom stereocenters. The van der Waals surface area contributed by atoms with Crippen LogP contribution in [-0.4, -0.2) is 38.7 Å². The molecule has 0 radical (unpaired) electrons. The normalized spacial score (nSPS) is 17.0. The second-order valence-corrected chi connectivity index (χ2v) is 6.47. The first-order valence-electron chi connectivity index (χ1n) is 8.75. The lowest BCUT2D eigenvalue weighted by Gasteiger charge is -2.34. The quantitative estimate of drug-likeness (QED) is 0.737. The Kier molecular flexibility index (Phi) is 4.79. The van der Waals surface area contributed by atoms with Crippen molar-refractivity contribution in [2.24, 2.45) is 0 Å². The third-order valence-electron chi connectivity index (χ3n) is 4.59. The first-order valence-corrected chi connectivity index (χ1v) is 8.75. The van der Waals surface area contributed by atoms with Gasteiger partial charge in [0.15, 0.2) is 5.76 Å². The van der Waals surface area contributed by atoms with E-state index in [9.17, 15) is 4.79 Å². The van der Waals surface area contributed by atoms with E-state index in [-0.39, 0.29) is 11.9 Å². The van der Waals surface area contributed by atoms with Crippen LogP contribution in [0.25, 0.3) is 0 Å². The lowest BCUT2D eigenvalue weighted by atomic mass is 10.1. The van der Waals surface area contributed by atoms with Crippen molar-refractivity contribution in [2.45, 2.75) is 25.6 Å². The average Bonchev–Trinajstić information content (AvgIpc) is 3.34. The van der Waals surface area contributed by atoms with Crippen molar-refractivity contribution in [3.05, 3.63) is 72.2 Å². The fourth-order valence-electron chi connectivity index (χ4n) is 3.40. The monoisotopic (exact) mass is 351 g/mol. The van der Waals surface area contributed by atoms with Crippen LogP contribution in [0.2, 0.25) is 0 Å². The van der Waals surface area contributed by atoms with Gasteiger partial charge >= 0.3 is 0 Å². The van der Waals surface area contributed by atoms with Crippen LogP contribution in [0.15, 0.2) is 59.6 Å². The first kappa shape index (κ1) is 16.5. The molecule has 3 aromatic rings. The van der Waals surface area contributed by atoms with Crippen molar-refractivity contribution in [2.75, 3.05) is 13.1 Å². The highest BCUT2D eigenvalue weighted by atomic mass is 16.3. The van der Waals surface area contributed by atoms with Gasteiger partial charge in [0.1, 0.15) is 0 Å². The summed E-state index contributed by atoms with van der Waals surface area (Å²) in [4.78, 5) is 18.6. The van der Waals surface area contributed by atoms with Gasteiger partial charge in [-0.25, -0.2) is 0 Å². The second-order valence-electron chi connectivity index (χ2n) is 6.47. The zero-order valence-corrected chi connectivity index (χ0v) is 14.4. The molecule has 0 unspecified atom stereocenters. The van der Waals surface area contributed by atoms with E-state index in [1.807, 2.05) is 18.5 Å². The fraction of sp³-hybridized carbons (Fsp3) is 0.316. The van der Waals surface area contributed by atoms with Crippen LogP contribution < -0.4 is 5.32 Å². The van der Waals surface area contributed by atoms with Crippen LogP contribution in [0, 0.1) is 0 Å². The van der Waals surface area contributed by atoms with Crippen LogP contribution in [-0.2, 0) is 13.1 Å². The molecule has 26 heavy (non-hydrogen) atoms. The van der Waals surface area contributed by atoms with Gasteiger partial charge in [-0.1, -0.05) is 6.07 Å². The Morgan fingerprint density at radius 2 is 2.23 bits per heavy atom. The summed E-state index contributed by atoms with van der Waals surface area (Å²) in [6.45, 7) is 3.18. The van der Waals surface area contributed by atoms with Gasteiger partial charge in [-0.2, -0.15) is 5.10 Å². The van der Waals surface area contributed by atoms with Crippen LogP contribution in [0.1, 0.15) is 34.3 Å². The molecule has 7 heteroatoms. The SMILES string of the molecule is O=C(NCC[C@H]1CN(Cc2cccnc2)Cc2ccnn21)c1ccco1. The van der Waals surface area contributed by atoms with E-state index in [0.29, 0.717) is 12.3 Å². The number of fused-ring (bicyclic) bond motifs is 1. The van der Waals surface area contributed by atoms with Gasteiger partial charge in [0.25, 0.3) is 5.91 Å². The average molecular weight is 351 g/mol. The maximum Gasteiger partial charge on any atom is 0.286 e. The number of nitrogens with zero attached hydrogens (tertiary/aromatic N) is 4. The highest BCUT2D eigenvalue weighted by molar-refractivity contribution is 5.91. The Morgan fingerprint density at radius 3 is 3.04 bits per heavy atom. The number of carbonyl (C=O) groups is 1. The maximum absolute atomic E-state index is 12.0. The Balaban J connectivity index is 1.38. The van der Waals surface area contributed by atoms with Gasteiger partial charge in [-0.05, 0) is 36.2 Å². The maximum atomic E-state index is 12.0. The van der Waals surface area contributed by atoms with E-state index in [1.54, 1.807) is 18.3 Å². The minimum absolute atomic E-state index is 0.182. The number of nitrogens with one attached hydrogen (secondary N) is 1. The summed E-state index contributed by atoms with van der Waals surface area (Å²) in [5, 5.41) is 7.39. The van der Waals surface area contributed by atoms with Crippen molar-refractivity contribution < 1.29 is 9.21 Å². The Hall–Kier alpha value is -2.93. The molecule has 1 amide bonds. The largest absolute Gasteiger partial charge is 0.459 e. The van der Waals surface area contributed by atoms with E-state index in [1.165, 1.54) is 17.5 Å². The molecule has 1 aliphatic rings. The van der Waals surface area contributed by atoms with E-state index in [4.69, 9.17) is 4.42 Å².